The molecule has 0 amide bonds. The van der Waals surface area contributed by atoms with Crippen LogP contribution in [0.15, 0.2) is 18.2 Å². The number of aromatic nitrogens is 2. The summed E-state index contributed by atoms with van der Waals surface area (Å²) in [4.78, 5) is 36.0. The number of rotatable bonds is 9. The van der Waals surface area contributed by atoms with E-state index >= 15 is 0 Å². The van der Waals surface area contributed by atoms with Gasteiger partial charge in [0.1, 0.15) is 5.82 Å². The Kier molecular flexibility index (Phi) is 7.75. The van der Waals surface area contributed by atoms with E-state index in [1.54, 1.807) is 0 Å². The van der Waals surface area contributed by atoms with Crippen molar-refractivity contribution in [3.8, 4) is 0 Å². The number of benzene rings is 1. The molecule has 2 saturated heterocycles. The molecule has 2 aliphatic rings. The topological polar surface area (TPSA) is 160 Å². The normalized spacial score (nSPS) is 25.4. The highest BCUT2D eigenvalue weighted by molar-refractivity contribution is 7.70. The van der Waals surface area contributed by atoms with E-state index in [4.69, 9.17) is 35.4 Å². The van der Waals surface area contributed by atoms with Gasteiger partial charge in [-0.3, -0.25) is 9.13 Å². The van der Waals surface area contributed by atoms with E-state index in [1.807, 2.05) is 18.2 Å². The quantitative estimate of drug-likeness (QED) is 0.282. The average molecular weight is 522 g/mol. The maximum atomic E-state index is 11.8. The van der Waals surface area contributed by atoms with Crippen molar-refractivity contribution >= 4 is 43.5 Å². The van der Waals surface area contributed by atoms with Crippen LogP contribution in [0.1, 0.15) is 37.4 Å². The van der Waals surface area contributed by atoms with Gasteiger partial charge >= 0.3 is 15.2 Å². The Morgan fingerprint density at radius 1 is 1.15 bits per heavy atom. The smallest absolute Gasteiger partial charge is 0.340 e. The molecular weight excluding hydrogens is 496 g/mol. The first-order valence-corrected chi connectivity index (χ1v) is 14.5. The van der Waals surface area contributed by atoms with Gasteiger partial charge in [-0.1, -0.05) is 6.07 Å². The molecule has 33 heavy (non-hydrogen) atoms. The standard InChI is InChI=1S/C19H26ClN3O8P2/c20-19-22-16-8-12(3-5-15(16)18(23-19)21-9-13-2-1-7-29-13)17-6-4-14(31-17)10-30-33(27,28)11-32(24,25)26/h3,5,8,13-14,17H,1-2,4,6-7,9-11H2,(H,27,28)(H,21,22,23)(H2,24,25,26)/t13?,14-,17+/m0/s1. The number of ether oxygens (including phenoxy) is 2. The minimum Gasteiger partial charge on any atom is -0.376 e. The number of halogens is 1. The Morgan fingerprint density at radius 3 is 2.70 bits per heavy atom. The van der Waals surface area contributed by atoms with Gasteiger partial charge in [0.05, 0.1) is 30.4 Å². The molecule has 4 N–H and O–H groups in total. The predicted molar refractivity (Wildman–Crippen MR) is 122 cm³/mol. The Hall–Kier alpha value is -1.13. The summed E-state index contributed by atoms with van der Waals surface area (Å²) in [6.45, 7) is 1.17. The summed E-state index contributed by atoms with van der Waals surface area (Å²) in [7, 11) is -9.07. The van der Waals surface area contributed by atoms with Crippen molar-refractivity contribution in [1.82, 2.24) is 9.97 Å². The highest BCUT2D eigenvalue weighted by atomic mass is 35.5. The first-order valence-electron chi connectivity index (χ1n) is 10.6. The zero-order chi connectivity index (χ0) is 23.6. The van der Waals surface area contributed by atoms with E-state index in [9.17, 15) is 14.0 Å². The molecular formula is C19H26ClN3O8P2. The third-order valence-corrected chi connectivity index (χ3v) is 9.14. The van der Waals surface area contributed by atoms with Gasteiger partial charge in [-0.15, -0.1) is 0 Å². The van der Waals surface area contributed by atoms with Crippen LogP contribution in [0.25, 0.3) is 10.9 Å². The van der Waals surface area contributed by atoms with Crippen LogP contribution in [-0.4, -0.2) is 62.5 Å². The van der Waals surface area contributed by atoms with E-state index in [0.29, 0.717) is 30.7 Å². The van der Waals surface area contributed by atoms with Gasteiger partial charge in [-0.2, -0.15) is 0 Å². The number of nitrogens with zero attached hydrogens (tertiary/aromatic N) is 2. The molecule has 4 rings (SSSR count). The minimum absolute atomic E-state index is 0.122. The maximum absolute atomic E-state index is 11.8. The van der Waals surface area contributed by atoms with E-state index in [0.717, 1.165) is 30.4 Å². The highest BCUT2D eigenvalue weighted by Crippen LogP contribution is 2.55. The number of nitrogens with one attached hydrogen (secondary N) is 1. The molecule has 3 heterocycles. The molecule has 0 radical (unpaired) electrons. The van der Waals surface area contributed by atoms with Crippen LogP contribution < -0.4 is 5.32 Å². The molecule has 1 aromatic heterocycles. The fraction of sp³-hybridized carbons (Fsp3) is 0.579. The summed E-state index contributed by atoms with van der Waals surface area (Å²) < 4.78 is 39.3. The summed E-state index contributed by atoms with van der Waals surface area (Å²) in [6.07, 6.45) is 2.67. The van der Waals surface area contributed by atoms with E-state index in [1.165, 1.54) is 0 Å². The summed E-state index contributed by atoms with van der Waals surface area (Å²) in [5.74, 6) is -0.584. The van der Waals surface area contributed by atoms with Gasteiger partial charge in [0, 0.05) is 18.5 Å². The zero-order valence-corrected chi connectivity index (χ0v) is 20.2. The van der Waals surface area contributed by atoms with Gasteiger partial charge in [0.2, 0.25) is 5.28 Å². The summed E-state index contributed by atoms with van der Waals surface area (Å²) in [5.41, 5.74) is 1.53. The van der Waals surface area contributed by atoms with E-state index < -0.39 is 27.2 Å². The molecule has 2 unspecified atom stereocenters. The molecule has 0 bridgehead atoms. The molecule has 2 aromatic rings. The lowest BCUT2D eigenvalue weighted by atomic mass is 10.0. The fourth-order valence-corrected chi connectivity index (χ4v) is 6.78. The van der Waals surface area contributed by atoms with Crippen molar-refractivity contribution in [2.24, 2.45) is 0 Å². The fourth-order valence-electron chi connectivity index (χ4n) is 4.02. The number of hydrogen-bond donors (Lipinski definition) is 4. The van der Waals surface area contributed by atoms with Gasteiger partial charge < -0.3 is 34.0 Å². The Labute approximate surface area is 195 Å². The molecule has 0 spiro atoms. The van der Waals surface area contributed by atoms with Gasteiger partial charge in [-0.05, 0) is 55.0 Å². The molecule has 14 heteroatoms. The van der Waals surface area contributed by atoms with E-state index in [2.05, 4.69) is 15.3 Å². The number of hydrogen-bond acceptors (Lipinski definition) is 8. The van der Waals surface area contributed by atoms with Crippen molar-refractivity contribution in [3.05, 3.63) is 29.0 Å². The molecule has 0 saturated carbocycles. The molecule has 2 fully saturated rings. The number of anilines is 1. The lowest BCUT2D eigenvalue weighted by Crippen LogP contribution is -2.19. The SMILES string of the molecule is O=P(O)(O)CP(=O)(O)OC[C@@H]1CC[C@H](c2ccc3c(NCC4CCCO4)nc(Cl)nc3c2)O1. The van der Waals surface area contributed by atoms with Gasteiger partial charge in [-0.25, -0.2) is 9.97 Å². The van der Waals surface area contributed by atoms with Crippen molar-refractivity contribution < 1.29 is 37.8 Å². The van der Waals surface area contributed by atoms with Crippen molar-refractivity contribution in [2.45, 2.75) is 44.0 Å². The number of fused-ring (bicyclic) bond motifs is 1. The predicted octanol–water partition coefficient (Wildman–Crippen LogP) is 3.43. The lowest BCUT2D eigenvalue weighted by Gasteiger charge is -2.18. The Bertz CT molecular complexity index is 1090. The molecule has 0 aliphatic carbocycles. The van der Waals surface area contributed by atoms with Crippen LogP contribution >= 0.6 is 26.8 Å². The third kappa shape index (κ3) is 6.94. The first kappa shape index (κ1) is 25.0. The summed E-state index contributed by atoms with van der Waals surface area (Å²) >= 11 is 6.14. The summed E-state index contributed by atoms with van der Waals surface area (Å²) in [5, 5.41) is 4.24. The van der Waals surface area contributed by atoms with Crippen LogP contribution in [0.3, 0.4) is 0 Å². The molecule has 182 valence electrons. The average Bonchev–Trinajstić information content (AvgIpc) is 3.40. The highest BCUT2D eigenvalue weighted by Gasteiger charge is 2.34. The van der Waals surface area contributed by atoms with Crippen LogP contribution in [-0.2, 0) is 23.1 Å². The van der Waals surface area contributed by atoms with Gasteiger partial charge in [0.15, 0.2) is 5.90 Å². The largest absolute Gasteiger partial charge is 0.376 e. The molecule has 2 aliphatic heterocycles. The second-order valence-corrected chi connectivity index (χ2v) is 12.5. The lowest BCUT2D eigenvalue weighted by molar-refractivity contribution is 0.0150. The van der Waals surface area contributed by atoms with Crippen molar-refractivity contribution in [3.63, 3.8) is 0 Å². The van der Waals surface area contributed by atoms with Crippen LogP contribution in [0.4, 0.5) is 5.82 Å². The summed E-state index contributed by atoms with van der Waals surface area (Å²) in [6, 6.07) is 5.68. The van der Waals surface area contributed by atoms with Gasteiger partial charge in [0.25, 0.3) is 0 Å². The Balaban J connectivity index is 1.40. The Morgan fingerprint density at radius 2 is 1.97 bits per heavy atom. The van der Waals surface area contributed by atoms with Crippen molar-refractivity contribution in [2.75, 3.05) is 31.0 Å². The monoisotopic (exact) mass is 521 g/mol. The van der Waals surface area contributed by atoms with Crippen LogP contribution in [0.5, 0.6) is 0 Å². The van der Waals surface area contributed by atoms with E-state index in [-0.39, 0.29) is 24.1 Å². The molecule has 11 nitrogen and oxygen atoms in total. The molecule has 4 atom stereocenters. The maximum Gasteiger partial charge on any atom is 0.340 e. The third-order valence-electron chi connectivity index (χ3n) is 5.52. The zero-order valence-electron chi connectivity index (χ0n) is 17.7. The second kappa shape index (κ2) is 10.2. The first-order chi connectivity index (χ1) is 15.6. The second-order valence-electron chi connectivity index (χ2n) is 8.20. The van der Waals surface area contributed by atoms with Crippen molar-refractivity contribution in [1.29, 1.82) is 0 Å². The molecule has 1 aromatic carbocycles. The van der Waals surface area contributed by atoms with Crippen LogP contribution in [0.2, 0.25) is 5.28 Å². The van der Waals surface area contributed by atoms with Crippen LogP contribution in [0, 0.1) is 0 Å². The minimum atomic E-state index is -4.67.